The molecule has 5 nitrogen and oxygen atoms in total. The van der Waals surface area contributed by atoms with Crippen LogP contribution in [0.2, 0.25) is 5.02 Å². The van der Waals surface area contributed by atoms with E-state index in [0.29, 0.717) is 41.9 Å². The topological polar surface area (TPSA) is 80.7 Å². The van der Waals surface area contributed by atoms with E-state index in [4.69, 9.17) is 16.3 Å². The van der Waals surface area contributed by atoms with Crippen molar-refractivity contribution in [1.29, 1.82) is 0 Å². The molecule has 0 aromatic heterocycles. The molecule has 4 fully saturated rings. The van der Waals surface area contributed by atoms with Crippen LogP contribution in [0.25, 0.3) is 0 Å². The van der Waals surface area contributed by atoms with Gasteiger partial charge in [0.15, 0.2) is 0 Å². The molecule has 0 amide bonds. The van der Waals surface area contributed by atoms with Gasteiger partial charge in [0.25, 0.3) is 0 Å². The minimum atomic E-state index is -1.18. The number of fused-ring (bicyclic) bond motifs is 7. The summed E-state index contributed by atoms with van der Waals surface area (Å²) in [4.78, 5) is 40.1. The maximum absolute atomic E-state index is 13.5. The maximum Gasteiger partial charge on any atom is 0.339 e. The van der Waals surface area contributed by atoms with Crippen LogP contribution in [0.3, 0.4) is 0 Å². The Bertz CT molecular complexity index is 1410. The van der Waals surface area contributed by atoms with Crippen molar-refractivity contribution in [1.82, 2.24) is 0 Å². The Morgan fingerprint density at radius 2 is 1.63 bits per heavy atom. The summed E-state index contributed by atoms with van der Waals surface area (Å²) in [5, 5.41) is 11.4. The zero-order valence-electron chi connectivity index (χ0n) is 27.0. The third-order valence-corrected chi connectivity index (χ3v) is 14.4. The molecular formula is C37H49ClO5. The minimum Gasteiger partial charge on any atom is -0.481 e. The van der Waals surface area contributed by atoms with Gasteiger partial charge in [0.05, 0.1) is 10.6 Å². The number of carboxylic acid groups (broad SMARTS) is 1. The molecule has 1 N–H and O–H groups in total. The number of carbonyl (C=O) groups is 3. The Labute approximate surface area is 262 Å². The molecule has 0 radical (unpaired) electrons. The summed E-state index contributed by atoms with van der Waals surface area (Å²) < 4.78 is 6.23. The monoisotopic (exact) mass is 608 g/mol. The first kappa shape index (κ1) is 30.9. The van der Waals surface area contributed by atoms with Crippen LogP contribution < -0.4 is 0 Å². The zero-order chi connectivity index (χ0) is 31.4. The van der Waals surface area contributed by atoms with E-state index in [1.54, 1.807) is 24.3 Å². The van der Waals surface area contributed by atoms with Crippen molar-refractivity contribution < 1.29 is 24.2 Å². The standard InChI is InChI=1S/C37H49ClO5/c1-32(2)20-24-23-12-13-27-34(5)16-15-28(39)33(3,4)26(34)14-17-36(27,7)35(23,6)18-19-37(24,31(41)42)29(21-32)43-30(40)22-10-8-9-11-25(22)38/h8-12,24,26-27,29H,13-21H2,1-7H3,(H,41,42)/t24-,26-,27+,29+,34-,35+,36+,37-/m0/s1. The molecule has 0 bridgehead atoms. The molecule has 0 unspecified atom stereocenters. The van der Waals surface area contributed by atoms with Gasteiger partial charge in [-0.15, -0.1) is 0 Å². The normalized spacial score (nSPS) is 42.8. The van der Waals surface area contributed by atoms with Gasteiger partial charge in [-0.05, 0) is 97.0 Å². The average molecular weight is 609 g/mol. The molecule has 5 aliphatic rings. The number of rotatable bonds is 3. The summed E-state index contributed by atoms with van der Waals surface area (Å²) in [5.74, 6) is -0.425. The first-order chi connectivity index (χ1) is 19.9. The van der Waals surface area contributed by atoms with Gasteiger partial charge in [-0.1, -0.05) is 83.8 Å². The number of aliphatic carboxylic acids is 1. The Morgan fingerprint density at radius 3 is 2.30 bits per heavy atom. The third-order valence-electron chi connectivity index (χ3n) is 14.1. The van der Waals surface area contributed by atoms with Crippen LogP contribution in [-0.2, 0) is 14.3 Å². The molecule has 0 spiro atoms. The summed E-state index contributed by atoms with van der Waals surface area (Å²) in [6, 6.07) is 6.82. The highest BCUT2D eigenvalue weighted by atomic mass is 35.5. The number of carboxylic acids is 1. The van der Waals surface area contributed by atoms with E-state index in [2.05, 4.69) is 54.5 Å². The molecule has 234 valence electrons. The van der Waals surface area contributed by atoms with E-state index in [-0.39, 0.29) is 38.6 Å². The lowest BCUT2D eigenvalue weighted by Crippen LogP contribution is -2.66. The van der Waals surface area contributed by atoms with Gasteiger partial charge in [-0.25, -0.2) is 4.79 Å². The minimum absolute atomic E-state index is 0.00517. The molecule has 5 aliphatic carbocycles. The van der Waals surface area contributed by atoms with Crippen LogP contribution in [0.1, 0.15) is 117 Å². The van der Waals surface area contributed by atoms with Crippen LogP contribution in [0, 0.1) is 50.2 Å². The number of ether oxygens (including phenoxy) is 1. The second kappa shape index (κ2) is 9.68. The second-order valence-corrected chi connectivity index (χ2v) is 17.2. The van der Waals surface area contributed by atoms with Crippen molar-refractivity contribution in [3.8, 4) is 0 Å². The van der Waals surface area contributed by atoms with Gasteiger partial charge < -0.3 is 9.84 Å². The Kier molecular flexibility index (Phi) is 6.95. The molecule has 1 aromatic rings. The smallest absolute Gasteiger partial charge is 0.339 e. The largest absolute Gasteiger partial charge is 0.481 e. The van der Waals surface area contributed by atoms with Crippen molar-refractivity contribution in [2.24, 2.45) is 50.2 Å². The fourth-order valence-electron chi connectivity index (χ4n) is 11.6. The lowest BCUT2D eigenvalue weighted by molar-refractivity contribution is -0.200. The first-order valence-corrected chi connectivity index (χ1v) is 16.7. The molecule has 0 saturated heterocycles. The molecule has 0 heterocycles. The van der Waals surface area contributed by atoms with Gasteiger partial charge in [-0.3, -0.25) is 9.59 Å². The SMILES string of the molecule is CC1(C)C[C@@H](OC(=O)c2ccccc2Cl)[C@]2(C(=O)O)CC[C@]3(C)C(=CC[C@@H]4[C@@]5(C)CCC(=O)C(C)(C)[C@@H]5CC[C@]43C)[C@@H]2C1. The van der Waals surface area contributed by atoms with Gasteiger partial charge >= 0.3 is 11.9 Å². The number of Topliss-reactive ketones (excluding diaryl/α,β-unsaturated/α-hetero) is 1. The van der Waals surface area contributed by atoms with E-state index in [0.717, 1.165) is 38.5 Å². The molecule has 1 aromatic carbocycles. The second-order valence-electron chi connectivity index (χ2n) is 16.8. The fraction of sp³-hybridized carbons (Fsp3) is 0.703. The van der Waals surface area contributed by atoms with Crippen LogP contribution in [0.15, 0.2) is 35.9 Å². The summed E-state index contributed by atoms with van der Waals surface area (Å²) >= 11 is 6.36. The van der Waals surface area contributed by atoms with E-state index in [1.165, 1.54) is 5.57 Å². The Hall–Kier alpha value is -2.14. The lowest BCUT2D eigenvalue weighted by Gasteiger charge is -2.70. The van der Waals surface area contributed by atoms with Gasteiger partial charge in [0.2, 0.25) is 0 Å². The van der Waals surface area contributed by atoms with Crippen LogP contribution in [0.5, 0.6) is 0 Å². The van der Waals surface area contributed by atoms with Gasteiger partial charge in [-0.2, -0.15) is 0 Å². The summed E-state index contributed by atoms with van der Waals surface area (Å²) in [5.41, 5.74) is -0.244. The zero-order valence-corrected chi connectivity index (χ0v) is 27.8. The number of benzene rings is 1. The van der Waals surface area contributed by atoms with Crippen LogP contribution >= 0.6 is 11.6 Å². The number of hydrogen-bond acceptors (Lipinski definition) is 4. The average Bonchev–Trinajstić information content (AvgIpc) is 2.91. The van der Waals surface area contributed by atoms with E-state index in [1.807, 2.05) is 0 Å². The van der Waals surface area contributed by atoms with E-state index < -0.39 is 23.5 Å². The molecule has 6 rings (SSSR count). The predicted octanol–water partition coefficient (Wildman–Crippen LogP) is 8.93. The lowest BCUT2D eigenvalue weighted by atomic mass is 9.33. The van der Waals surface area contributed by atoms with Crippen molar-refractivity contribution in [2.45, 2.75) is 112 Å². The number of ketones is 1. The number of hydrogen-bond donors (Lipinski definition) is 1. The highest BCUT2D eigenvalue weighted by Crippen LogP contribution is 2.75. The van der Waals surface area contributed by atoms with Crippen LogP contribution in [-0.4, -0.2) is 28.9 Å². The maximum atomic E-state index is 13.5. The van der Waals surface area contributed by atoms with Crippen molar-refractivity contribution >= 4 is 29.3 Å². The molecular weight excluding hydrogens is 560 g/mol. The summed E-state index contributed by atoms with van der Waals surface area (Å²) in [7, 11) is 0. The van der Waals surface area contributed by atoms with Gasteiger partial charge in [0.1, 0.15) is 17.3 Å². The van der Waals surface area contributed by atoms with E-state index >= 15 is 0 Å². The molecule has 0 aliphatic heterocycles. The number of halogens is 1. The Morgan fingerprint density at radius 1 is 0.930 bits per heavy atom. The number of esters is 1. The first-order valence-electron chi connectivity index (χ1n) is 16.4. The summed E-state index contributed by atoms with van der Waals surface area (Å²) in [6.45, 7) is 16.0. The van der Waals surface area contributed by atoms with Crippen molar-refractivity contribution in [3.63, 3.8) is 0 Å². The molecule has 8 atom stereocenters. The predicted molar refractivity (Wildman–Crippen MR) is 168 cm³/mol. The quantitative estimate of drug-likeness (QED) is 0.274. The Balaban J connectivity index is 1.42. The number of carbonyl (C=O) groups excluding carboxylic acids is 2. The fourth-order valence-corrected chi connectivity index (χ4v) is 11.8. The number of allylic oxidation sites excluding steroid dienone is 2. The molecule has 6 heteroatoms. The summed E-state index contributed by atoms with van der Waals surface area (Å²) in [6.07, 6.45) is 8.72. The third kappa shape index (κ3) is 4.11. The highest BCUT2D eigenvalue weighted by Gasteiger charge is 2.71. The van der Waals surface area contributed by atoms with E-state index in [9.17, 15) is 19.5 Å². The molecule has 4 saturated carbocycles. The highest BCUT2D eigenvalue weighted by molar-refractivity contribution is 6.33. The van der Waals surface area contributed by atoms with Crippen LogP contribution in [0.4, 0.5) is 0 Å². The van der Waals surface area contributed by atoms with Crippen molar-refractivity contribution in [3.05, 3.63) is 46.5 Å². The van der Waals surface area contributed by atoms with Gasteiger partial charge in [0, 0.05) is 17.8 Å². The molecule has 43 heavy (non-hydrogen) atoms. The van der Waals surface area contributed by atoms with Crippen molar-refractivity contribution in [2.75, 3.05) is 0 Å².